The molecule has 0 saturated heterocycles. The van der Waals surface area contributed by atoms with Crippen molar-refractivity contribution in [1.82, 2.24) is 0 Å². The molecule has 138 valence electrons. The normalized spacial score (nSPS) is 16.2. The third kappa shape index (κ3) is 13.4. The van der Waals surface area contributed by atoms with Gasteiger partial charge in [-0.25, -0.2) is 0 Å². The standard InChI is InChI=1S/C13H30Cl2N2O3.2ClH/c1-16(2,7-11(18)5-14)9-13(20)10-17(3,4)8-12(19)6-15;;/h11-13,18-20H,5-10H2,1-4H3;2*1H/q+2;;/p-2. The predicted molar refractivity (Wildman–Crippen MR) is 83.1 cm³/mol. The molecule has 0 aliphatic rings. The maximum absolute atomic E-state index is 10.2. The number of rotatable bonds is 10. The Morgan fingerprint density at radius 2 is 0.864 bits per heavy atom. The van der Waals surface area contributed by atoms with Crippen LogP contribution in [0, 0.1) is 0 Å². The molecule has 0 heterocycles. The van der Waals surface area contributed by atoms with Gasteiger partial charge in [0.05, 0.1) is 40.0 Å². The molecule has 0 spiro atoms. The molecule has 0 aliphatic heterocycles. The highest BCUT2D eigenvalue weighted by atomic mass is 35.5. The second-order valence-corrected chi connectivity index (χ2v) is 7.49. The van der Waals surface area contributed by atoms with Crippen LogP contribution < -0.4 is 24.8 Å². The van der Waals surface area contributed by atoms with Gasteiger partial charge in [0.1, 0.15) is 38.4 Å². The summed E-state index contributed by atoms with van der Waals surface area (Å²) in [6, 6.07) is 0. The van der Waals surface area contributed by atoms with Gasteiger partial charge in [-0.15, -0.1) is 23.2 Å². The molecule has 0 aromatic rings. The zero-order valence-electron chi connectivity index (χ0n) is 13.7. The molecule has 3 N–H and O–H groups in total. The molecule has 22 heavy (non-hydrogen) atoms. The van der Waals surface area contributed by atoms with Crippen molar-refractivity contribution in [2.24, 2.45) is 0 Å². The van der Waals surface area contributed by atoms with Crippen LogP contribution in [0.5, 0.6) is 0 Å². The van der Waals surface area contributed by atoms with E-state index in [1.54, 1.807) is 0 Å². The lowest BCUT2D eigenvalue weighted by Crippen LogP contribution is -3.00. The van der Waals surface area contributed by atoms with E-state index in [-0.39, 0.29) is 36.6 Å². The van der Waals surface area contributed by atoms with E-state index in [2.05, 4.69) is 0 Å². The van der Waals surface area contributed by atoms with E-state index in [1.165, 1.54) is 0 Å². The zero-order chi connectivity index (χ0) is 16.0. The van der Waals surface area contributed by atoms with Gasteiger partial charge in [0.2, 0.25) is 0 Å². The second-order valence-electron chi connectivity index (χ2n) is 6.87. The summed E-state index contributed by atoms with van der Waals surface area (Å²) in [5.74, 6) is 0.391. The lowest BCUT2D eigenvalue weighted by molar-refractivity contribution is -0.917. The monoisotopic (exact) mass is 402 g/mol. The maximum atomic E-state index is 10.2. The molecule has 0 aromatic heterocycles. The number of nitrogens with zero attached hydrogens (tertiary/aromatic N) is 2. The number of likely N-dealkylation sites (N-methyl/N-ethyl adjacent to an activating group) is 2. The molecule has 0 amide bonds. The van der Waals surface area contributed by atoms with E-state index in [0.717, 1.165) is 0 Å². The molecular weight excluding hydrogens is 374 g/mol. The minimum Gasteiger partial charge on any atom is -1.00 e. The fraction of sp³-hybridized carbons (Fsp3) is 1.00. The fourth-order valence-electron chi connectivity index (χ4n) is 2.59. The van der Waals surface area contributed by atoms with Crippen LogP contribution in [0.3, 0.4) is 0 Å². The summed E-state index contributed by atoms with van der Waals surface area (Å²) in [4.78, 5) is 0. The molecule has 0 aromatic carbocycles. The van der Waals surface area contributed by atoms with Crippen molar-refractivity contribution >= 4 is 23.2 Å². The zero-order valence-corrected chi connectivity index (χ0v) is 16.7. The summed E-state index contributed by atoms with van der Waals surface area (Å²) in [5, 5.41) is 29.4. The third-order valence-electron chi connectivity index (χ3n) is 3.18. The van der Waals surface area contributed by atoms with Gasteiger partial charge in [-0.3, -0.25) is 0 Å². The third-order valence-corrected chi connectivity index (χ3v) is 3.89. The SMILES string of the molecule is C[N+](C)(CC(O)CCl)CC(O)C[N+](C)(C)CC(O)CCl.[Cl-].[Cl-]. The van der Waals surface area contributed by atoms with Crippen LogP contribution >= 0.6 is 23.2 Å². The van der Waals surface area contributed by atoms with Gasteiger partial charge in [-0.1, -0.05) is 0 Å². The Hall–Kier alpha value is 0.960. The average Bonchev–Trinajstić information content (AvgIpc) is 2.25. The predicted octanol–water partition coefficient (Wildman–Crippen LogP) is -6.29. The van der Waals surface area contributed by atoms with Crippen LogP contribution in [0.1, 0.15) is 0 Å². The van der Waals surface area contributed by atoms with Crippen molar-refractivity contribution in [3.8, 4) is 0 Å². The minimum atomic E-state index is -0.570. The Kier molecular flexibility index (Phi) is 15.6. The number of aliphatic hydroxyl groups is 3. The molecular formula is C13H30Cl4N2O3. The number of halogens is 4. The summed E-state index contributed by atoms with van der Waals surface area (Å²) in [6.45, 7) is 2.04. The van der Waals surface area contributed by atoms with Crippen molar-refractivity contribution in [2.45, 2.75) is 18.3 Å². The fourth-order valence-corrected chi connectivity index (χ4v) is 2.78. The van der Waals surface area contributed by atoms with Crippen LogP contribution in [-0.4, -0.2) is 109 Å². The smallest absolute Gasteiger partial charge is 0.152 e. The minimum absolute atomic E-state index is 0. The van der Waals surface area contributed by atoms with Crippen molar-refractivity contribution in [2.75, 3.05) is 66.1 Å². The molecule has 5 nitrogen and oxygen atoms in total. The summed E-state index contributed by atoms with van der Waals surface area (Å²) in [7, 11) is 7.80. The largest absolute Gasteiger partial charge is 1.00 e. The van der Waals surface area contributed by atoms with E-state index in [4.69, 9.17) is 23.2 Å². The topological polar surface area (TPSA) is 60.7 Å². The first-order chi connectivity index (χ1) is 9.01. The Morgan fingerprint density at radius 3 is 1.09 bits per heavy atom. The first-order valence-electron chi connectivity index (χ1n) is 6.81. The van der Waals surface area contributed by atoms with Crippen molar-refractivity contribution in [3.63, 3.8) is 0 Å². The summed E-state index contributed by atoms with van der Waals surface area (Å²) < 4.78 is 0.986. The Bertz CT molecular complexity index is 258. The number of aliphatic hydroxyl groups excluding tert-OH is 3. The van der Waals surface area contributed by atoms with Gasteiger partial charge in [0.25, 0.3) is 0 Å². The van der Waals surface area contributed by atoms with Crippen molar-refractivity contribution < 1.29 is 49.1 Å². The average molecular weight is 404 g/mol. The quantitative estimate of drug-likeness (QED) is 0.251. The van der Waals surface area contributed by atoms with Gasteiger partial charge in [0, 0.05) is 0 Å². The molecule has 0 bridgehead atoms. The molecule has 0 fully saturated rings. The lowest BCUT2D eigenvalue weighted by Gasteiger charge is -2.37. The van der Waals surface area contributed by atoms with Crippen LogP contribution in [0.15, 0.2) is 0 Å². The highest BCUT2D eigenvalue weighted by molar-refractivity contribution is 6.18. The molecule has 9 heteroatoms. The van der Waals surface area contributed by atoms with Gasteiger partial charge < -0.3 is 49.1 Å². The lowest BCUT2D eigenvalue weighted by atomic mass is 10.2. The van der Waals surface area contributed by atoms with E-state index in [1.807, 2.05) is 28.2 Å². The highest BCUT2D eigenvalue weighted by Crippen LogP contribution is 2.08. The summed E-state index contributed by atoms with van der Waals surface area (Å²) in [5.41, 5.74) is 0. The molecule has 0 radical (unpaired) electrons. The molecule has 0 saturated carbocycles. The van der Waals surface area contributed by atoms with Gasteiger partial charge in [0.15, 0.2) is 6.10 Å². The number of hydrogen-bond donors (Lipinski definition) is 3. The molecule has 0 aliphatic carbocycles. The van der Waals surface area contributed by atoms with Gasteiger partial charge in [-0.05, 0) is 0 Å². The highest BCUT2D eigenvalue weighted by Gasteiger charge is 2.29. The van der Waals surface area contributed by atoms with Crippen LogP contribution in [0.25, 0.3) is 0 Å². The number of quaternary nitrogens is 2. The van der Waals surface area contributed by atoms with Crippen LogP contribution in [0.2, 0.25) is 0 Å². The van der Waals surface area contributed by atoms with E-state index >= 15 is 0 Å². The Labute approximate surface area is 156 Å². The van der Waals surface area contributed by atoms with Crippen LogP contribution in [0.4, 0.5) is 0 Å². The molecule has 2 atom stereocenters. The van der Waals surface area contributed by atoms with E-state index in [0.29, 0.717) is 35.1 Å². The summed E-state index contributed by atoms with van der Waals surface area (Å²) >= 11 is 11.2. The van der Waals surface area contributed by atoms with Crippen molar-refractivity contribution in [1.29, 1.82) is 0 Å². The Balaban J connectivity index is -0.00000180. The summed E-state index contributed by atoms with van der Waals surface area (Å²) in [6.07, 6.45) is -1.66. The number of hydrogen-bond acceptors (Lipinski definition) is 3. The van der Waals surface area contributed by atoms with E-state index < -0.39 is 18.3 Å². The Morgan fingerprint density at radius 1 is 0.636 bits per heavy atom. The first-order valence-corrected chi connectivity index (χ1v) is 7.88. The molecule has 2 unspecified atom stereocenters. The van der Waals surface area contributed by atoms with Gasteiger partial charge >= 0.3 is 0 Å². The number of alkyl halides is 2. The second kappa shape index (κ2) is 12.3. The van der Waals surface area contributed by atoms with Crippen molar-refractivity contribution in [3.05, 3.63) is 0 Å². The molecule has 0 rings (SSSR count). The van der Waals surface area contributed by atoms with E-state index in [9.17, 15) is 15.3 Å². The van der Waals surface area contributed by atoms with Gasteiger partial charge in [-0.2, -0.15) is 0 Å². The van der Waals surface area contributed by atoms with Crippen LogP contribution in [-0.2, 0) is 0 Å². The maximum Gasteiger partial charge on any atom is 0.152 e. The first kappa shape index (κ1) is 27.8.